The molecule has 2 amide bonds. The van der Waals surface area contributed by atoms with Crippen LogP contribution in [0.5, 0.6) is 0 Å². The van der Waals surface area contributed by atoms with E-state index in [0.29, 0.717) is 5.76 Å². The third-order valence-electron chi connectivity index (χ3n) is 3.35. The molecule has 0 aromatic carbocycles. The molecular formula is C12H17N3O5. The molecule has 1 aliphatic heterocycles. The summed E-state index contributed by atoms with van der Waals surface area (Å²) in [6.45, 7) is 3.77. The Balaban J connectivity index is 1.86. The van der Waals surface area contributed by atoms with Gasteiger partial charge in [0.15, 0.2) is 5.76 Å². The summed E-state index contributed by atoms with van der Waals surface area (Å²) in [7, 11) is 0. The predicted octanol–water partition coefficient (Wildman–Crippen LogP) is 0.272. The molecule has 2 rings (SSSR count). The molecule has 0 radical (unpaired) electrons. The number of carbonyl (C=O) groups excluding carboxylic acids is 1. The fraction of sp³-hybridized carbons (Fsp3) is 0.583. The number of aryl methyl sites for hydroxylation is 1. The topological polar surface area (TPSA) is 114 Å². The van der Waals surface area contributed by atoms with Crippen molar-refractivity contribution in [1.82, 2.24) is 15.8 Å². The van der Waals surface area contributed by atoms with Gasteiger partial charge in [-0.05, 0) is 13.8 Å². The van der Waals surface area contributed by atoms with E-state index in [1.807, 2.05) is 0 Å². The summed E-state index contributed by atoms with van der Waals surface area (Å²) in [6.07, 6.45) is 0. The molecule has 0 spiro atoms. The maximum absolute atomic E-state index is 11.8. The van der Waals surface area contributed by atoms with Crippen molar-refractivity contribution in [2.75, 3.05) is 13.2 Å². The Labute approximate surface area is 115 Å². The van der Waals surface area contributed by atoms with Crippen molar-refractivity contribution in [3.05, 3.63) is 17.5 Å². The van der Waals surface area contributed by atoms with E-state index in [1.165, 1.54) is 0 Å². The second-order valence-electron chi connectivity index (χ2n) is 5.05. The van der Waals surface area contributed by atoms with Gasteiger partial charge < -0.3 is 25.0 Å². The number of aromatic nitrogens is 1. The zero-order chi connectivity index (χ0) is 14.8. The normalized spacial score (nSPS) is 25.4. The first kappa shape index (κ1) is 14.3. The molecule has 0 bridgehead atoms. The Morgan fingerprint density at radius 3 is 2.95 bits per heavy atom. The molecule has 0 aliphatic carbocycles. The molecule has 8 nitrogen and oxygen atoms in total. The highest BCUT2D eigenvalue weighted by Crippen LogP contribution is 2.28. The lowest BCUT2D eigenvalue weighted by atomic mass is 9.85. The van der Waals surface area contributed by atoms with Crippen LogP contribution >= 0.6 is 0 Å². The molecule has 1 aromatic rings. The fourth-order valence-corrected chi connectivity index (χ4v) is 1.96. The van der Waals surface area contributed by atoms with Crippen molar-refractivity contribution >= 4 is 12.0 Å². The first-order chi connectivity index (χ1) is 9.41. The van der Waals surface area contributed by atoms with E-state index in [2.05, 4.69) is 15.8 Å². The van der Waals surface area contributed by atoms with Crippen molar-refractivity contribution in [3.8, 4) is 0 Å². The van der Waals surface area contributed by atoms with Gasteiger partial charge in [0.25, 0.3) is 0 Å². The van der Waals surface area contributed by atoms with Crippen LogP contribution in [0.1, 0.15) is 18.4 Å². The van der Waals surface area contributed by atoms with Crippen LogP contribution in [0.2, 0.25) is 0 Å². The lowest BCUT2D eigenvalue weighted by Crippen LogP contribution is -2.52. The summed E-state index contributed by atoms with van der Waals surface area (Å²) >= 11 is 0. The maximum atomic E-state index is 11.8. The Morgan fingerprint density at radius 1 is 1.60 bits per heavy atom. The molecule has 3 N–H and O–H groups in total. The van der Waals surface area contributed by atoms with Crippen molar-refractivity contribution in [2.45, 2.75) is 26.4 Å². The van der Waals surface area contributed by atoms with Crippen molar-refractivity contribution in [2.24, 2.45) is 5.41 Å². The molecule has 1 saturated heterocycles. The summed E-state index contributed by atoms with van der Waals surface area (Å²) < 4.78 is 10.1. The van der Waals surface area contributed by atoms with Gasteiger partial charge in [-0.25, -0.2) is 4.79 Å². The summed E-state index contributed by atoms with van der Waals surface area (Å²) in [4.78, 5) is 23.0. The largest absolute Gasteiger partial charge is 0.481 e. The molecule has 1 aliphatic rings. The highest BCUT2D eigenvalue weighted by atomic mass is 16.5. The number of nitrogens with zero attached hydrogens (tertiary/aromatic N) is 1. The Kier molecular flexibility index (Phi) is 3.93. The van der Waals surface area contributed by atoms with Crippen LogP contribution < -0.4 is 10.6 Å². The molecule has 2 heterocycles. The van der Waals surface area contributed by atoms with Crippen molar-refractivity contribution < 1.29 is 24.0 Å². The average Bonchev–Trinajstić information content (AvgIpc) is 2.95. The molecule has 2 atom stereocenters. The number of rotatable bonds is 4. The number of carbonyl (C=O) groups is 2. The predicted molar refractivity (Wildman–Crippen MR) is 67.0 cm³/mol. The molecule has 1 fully saturated rings. The van der Waals surface area contributed by atoms with E-state index in [1.54, 1.807) is 19.9 Å². The smallest absolute Gasteiger partial charge is 0.315 e. The molecular weight excluding hydrogens is 266 g/mol. The maximum Gasteiger partial charge on any atom is 0.315 e. The number of carboxylic acid groups (broad SMARTS) is 1. The van der Waals surface area contributed by atoms with Crippen LogP contribution in [0.15, 0.2) is 10.6 Å². The number of hydrogen-bond acceptors (Lipinski definition) is 5. The number of urea groups is 1. The van der Waals surface area contributed by atoms with E-state index in [0.717, 1.165) is 5.69 Å². The molecule has 0 saturated carbocycles. The minimum absolute atomic E-state index is 0.0780. The first-order valence-corrected chi connectivity index (χ1v) is 6.19. The lowest BCUT2D eigenvalue weighted by molar-refractivity contribution is -0.148. The van der Waals surface area contributed by atoms with E-state index in [9.17, 15) is 14.7 Å². The van der Waals surface area contributed by atoms with Gasteiger partial charge in [0, 0.05) is 6.07 Å². The van der Waals surface area contributed by atoms with Crippen LogP contribution in [-0.4, -0.2) is 41.5 Å². The van der Waals surface area contributed by atoms with Gasteiger partial charge in [0.1, 0.15) is 5.41 Å². The lowest BCUT2D eigenvalue weighted by Gasteiger charge is -2.25. The summed E-state index contributed by atoms with van der Waals surface area (Å²) in [5, 5.41) is 18.1. The molecule has 110 valence electrons. The molecule has 20 heavy (non-hydrogen) atoms. The Hall–Kier alpha value is -2.09. The van der Waals surface area contributed by atoms with Crippen LogP contribution in [-0.2, 0) is 16.1 Å². The van der Waals surface area contributed by atoms with Gasteiger partial charge in [-0.3, -0.25) is 4.79 Å². The van der Waals surface area contributed by atoms with Crippen LogP contribution in [0, 0.1) is 12.3 Å². The minimum Gasteiger partial charge on any atom is -0.481 e. The molecule has 1 aromatic heterocycles. The van der Waals surface area contributed by atoms with Crippen molar-refractivity contribution in [1.29, 1.82) is 0 Å². The van der Waals surface area contributed by atoms with Gasteiger partial charge in [-0.15, -0.1) is 0 Å². The van der Waals surface area contributed by atoms with Gasteiger partial charge >= 0.3 is 12.0 Å². The van der Waals surface area contributed by atoms with Crippen LogP contribution in [0.3, 0.4) is 0 Å². The van der Waals surface area contributed by atoms with Gasteiger partial charge in [-0.2, -0.15) is 0 Å². The average molecular weight is 283 g/mol. The number of amides is 2. The second kappa shape index (κ2) is 5.49. The van der Waals surface area contributed by atoms with Gasteiger partial charge in [0.05, 0.1) is 31.5 Å². The Bertz CT molecular complexity index is 515. The quantitative estimate of drug-likeness (QED) is 0.731. The van der Waals surface area contributed by atoms with Gasteiger partial charge in [-0.1, -0.05) is 5.16 Å². The highest BCUT2D eigenvalue weighted by molar-refractivity contribution is 5.79. The third-order valence-corrected chi connectivity index (χ3v) is 3.35. The van der Waals surface area contributed by atoms with Crippen molar-refractivity contribution in [3.63, 3.8) is 0 Å². The van der Waals surface area contributed by atoms with Gasteiger partial charge in [0.2, 0.25) is 0 Å². The van der Waals surface area contributed by atoms with E-state index >= 15 is 0 Å². The number of aliphatic carboxylic acids is 1. The summed E-state index contributed by atoms with van der Waals surface area (Å²) in [5.41, 5.74) is -0.384. The van der Waals surface area contributed by atoms with Crippen LogP contribution in [0.25, 0.3) is 0 Å². The highest BCUT2D eigenvalue weighted by Gasteiger charge is 2.47. The SMILES string of the molecule is Cc1cc(CNC(=O)NC2COCC2(C)C(=O)O)on1. The van der Waals surface area contributed by atoms with E-state index in [4.69, 9.17) is 9.26 Å². The fourth-order valence-electron chi connectivity index (χ4n) is 1.96. The third kappa shape index (κ3) is 2.90. The number of ether oxygens (including phenoxy) is 1. The summed E-state index contributed by atoms with van der Waals surface area (Å²) in [5.74, 6) is -0.465. The zero-order valence-corrected chi connectivity index (χ0v) is 11.3. The van der Waals surface area contributed by atoms with E-state index in [-0.39, 0.29) is 19.8 Å². The van der Waals surface area contributed by atoms with E-state index < -0.39 is 23.5 Å². The second-order valence-corrected chi connectivity index (χ2v) is 5.05. The van der Waals surface area contributed by atoms with Crippen LogP contribution in [0.4, 0.5) is 4.79 Å². The number of hydrogen-bond donors (Lipinski definition) is 3. The molecule has 8 heteroatoms. The monoisotopic (exact) mass is 283 g/mol. The zero-order valence-electron chi connectivity index (χ0n) is 11.3. The minimum atomic E-state index is -1.11. The first-order valence-electron chi connectivity index (χ1n) is 6.19. The summed E-state index contributed by atoms with van der Waals surface area (Å²) in [6, 6.07) is 0.666. The Morgan fingerprint density at radius 2 is 2.35 bits per heavy atom. The molecule has 2 unspecified atom stereocenters. The number of nitrogens with one attached hydrogen (secondary N) is 2. The number of carboxylic acids is 1. The standard InChI is InChI=1S/C12H17N3O5/c1-7-3-8(20-15-7)4-13-11(18)14-9-5-19-6-12(9,2)10(16)17/h3,9H,4-6H2,1-2H3,(H,16,17)(H2,13,14,18).